The van der Waals surface area contributed by atoms with Crippen molar-refractivity contribution in [1.29, 1.82) is 0 Å². The molecule has 1 nitrogen and oxygen atoms in total. The van der Waals surface area contributed by atoms with Crippen molar-refractivity contribution in [2.45, 2.75) is 19.8 Å². The molecule has 0 unspecified atom stereocenters. The van der Waals surface area contributed by atoms with E-state index in [9.17, 15) is 0 Å². The Balaban J connectivity index is 1.87. The van der Waals surface area contributed by atoms with Crippen molar-refractivity contribution >= 4 is 10.8 Å². The predicted octanol–water partition coefficient (Wildman–Crippen LogP) is 5.39. The summed E-state index contributed by atoms with van der Waals surface area (Å²) in [5.74, 6) is 0. The minimum Gasteiger partial charge on any atom is -0.385 e. The molecular weight excluding hydrogens is 268 g/mol. The molecule has 0 saturated carbocycles. The van der Waals surface area contributed by atoms with Crippen LogP contribution in [0.3, 0.4) is 0 Å². The Morgan fingerprint density at radius 2 is 1.45 bits per heavy atom. The van der Waals surface area contributed by atoms with Crippen molar-refractivity contribution in [1.82, 2.24) is 0 Å². The minimum atomic E-state index is 0.824. The smallest absolute Gasteiger partial charge is 0.0465 e. The third-order valence-electron chi connectivity index (χ3n) is 4.10. The molecule has 0 heterocycles. The molecule has 0 aliphatic heterocycles. The van der Waals surface area contributed by atoms with Crippen molar-refractivity contribution in [2.75, 3.05) is 13.7 Å². The lowest BCUT2D eigenvalue weighted by Gasteiger charge is -2.07. The third-order valence-corrected chi connectivity index (χ3v) is 4.10. The van der Waals surface area contributed by atoms with Crippen LogP contribution in [-0.2, 0) is 11.2 Å². The number of methoxy groups -OCH3 is 1. The normalized spacial score (nSPS) is 11.0. The standard InChI is InChI=1S/C21H22O/c1-16-5-8-18(9-6-16)20-12-11-19-14-17(4-3-13-22-2)7-10-21(19)15-20/h5-12,14-15H,3-4,13H2,1-2H3. The van der Waals surface area contributed by atoms with Gasteiger partial charge in [-0.3, -0.25) is 0 Å². The van der Waals surface area contributed by atoms with E-state index in [-0.39, 0.29) is 0 Å². The third kappa shape index (κ3) is 3.37. The largest absolute Gasteiger partial charge is 0.385 e. The average molecular weight is 290 g/mol. The van der Waals surface area contributed by atoms with Crippen LogP contribution in [0.1, 0.15) is 17.5 Å². The van der Waals surface area contributed by atoms with Crippen LogP contribution in [0.25, 0.3) is 21.9 Å². The van der Waals surface area contributed by atoms with Crippen molar-refractivity contribution in [3.63, 3.8) is 0 Å². The van der Waals surface area contributed by atoms with Gasteiger partial charge in [-0.25, -0.2) is 0 Å². The Hall–Kier alpha value is -2.12. The number of hydrogen-bond acceptors (Lipinski definition) is 1. The van der Waals surface area contributed by atoms with Crippen LogP contribution < -0.4 is 0 Å². The zero-order chi connectivity index (χ0) is 15.4. The number of aryl methyl sites for hydroxylation is 2. The molecule has 22 heavy (non-hydrogen) atoms. The molecule has 0 fully saturated rings. The highest BCUT2D eigenvalue weighted by molar-refractivity contribution is 5.87. The van der Waals surface area contributed by atoms with E-state index in [4.69, 9.17) is 4.74 Å². The highest BCUT2D eigenvalue weighted by atomic mass is 16.5. The van der Waals surface area contributed by atoms with Gasteiger partial charge in [0, 0.05) is 13.7 Å². The van der Waals surface area contributed by atoms with Gasteiger partial charge in [0.05, 0.1) is 0 Å². The maximum Gasteiger partial charge on any atom is 0.0465 e. The highest BCUT2D eigenvalue weighted by Crippen LogP contribution is 2.25. The molecule has 0 bridgehead atoms. The fraction of sp³-hybridized carbons (Fsp3) is 0.238. The Labute approximate surface area is 132 Å². The summed E-state index contributed by atoms with van der Waals surface area (Å²) in [4.78, 5) is 0. The predicted molar refractivity (Wildman–Crippen MR) is 94.3 cm³/mol. The molecule has 112 valence electrons. The summed E-state index contributed by atoms with van der Waals surface area (Å²) in [5.41, 5.74) is 5.23. The van der Waals surface area contributed by atoms with Crippen LogP contribution in [0.2, 0.25) is 0 Å². The molecule has 0 N–H and O–H groups in total. The molecule has 0 aliphatic rings. The maximum absolute atomic E-state index is 5.12. The SMILES string of the molecule is COCCCc1ccc2cc(-c3ccc(C)cc3)ccc2c1. The first kappa shape index (κ1) is 14.8. The average Bonchev–Trinajstić information content (AvgIpc) is 2.55. The molecule has 3 aromatic rings. The molecule has 0 saturated heterocycles. The number of ether oxygens (including phenoxy) is 1. The van der Waals surface area contributed by atoms with Crippen LogP contribution in [0.5, 0.6) is 0 Å². The lowest BCUT2D eigenvalue weighted by atomic mass is 9.98. The van der Waals surface area contributed by atoms with E-state index in [1.54, 1.807) is 7.11 Å². The lowest BCUT2D eigenvalue weighted by Crippen LogP contribution is -1.92. The Morgan fingerprint density at radius 1 is 0.773 bits per heavy atom. The molecular formula is C21H22O. The summed E-state index contributed by atoms with van der Waals surface area (Å²) < 4.78 is 5.12. The monoisotopic (exact) mass is 290 g/mol. The van der Waals surface area contributed by atoms with Crippen LogP contribution in [0.4, 0.5) is 0 Å². The second-order valence-electron chi connectivity index (χ2n) is 5.86. The Morgan fingerprint density at radius 3 is 2.23 bits per heavy atom. The first-order valence-corrected chi connectivity index (χ1v) is 7.85. The molecule has 0 amide bonds. The second kappa shape index (κ2) is 6.76. The second-order valence-corrected chi connectivity index (χ2v) is 5.86. The molecule has 1 heteroatoms. The summed E-state index contributed by atoms with van der Waals surface area (Å²) in [6.45, 7) is 2.94. The van der Waals surface area contributed by atoms with E-state index >= 15 is 0 Å². The van der Waals surface area contributed by atoms with Gasteiger partial charge in [0.1, 0.15) is 0 Å². The lowest BCUT2D eigenvalue weighted by molar-refractivity contribution is 0.195. The van der Waals surface area contributed by atoms with E-state index < -0.39 is 0 Å². The summed E-state index contributed by atoms with van der Waals surface area (Å²) >= 11 is 0. The van der Waals surface area contributed by atoms with E-state index in [0.717, 1.165) is 19.4 Å². The summed E-state index contributed by atoms with van der Waals surface area (Å²) in [6.07, 6.45) is 2.15. The molecule has 0 spiro atoms. The van der Waals surface area contributed by atoms with Gasteiger partial charge in [-0.05, 0) is 53.3 Å². The van der Waals surface area contributed by atoms with E-state index in [1.807, 2.05) is 0 Å². The van der Waals surface area contributed by atoms with Crippen molar-refractivity contribution in [3.05, 3.63) is 71.8 Å². The topological polar surface area (TPSA) is 9.23 Å². The molecule has 0 aliphatic carbocycles. The van der Waals surface area contributed by atoms with Gasteiger partial charge in [-0.15, -0.1) is 0 Å². The van der Waals surface area contributed by atoms with E-state index in [1.165, 1.54) is 33.0 Å². The van der Waals surface area contributed by atoms with Crippen molar-refractivity contribution in [2.24, 2.45) is 0 Å². The number of benzene rings is 3. The molecule has 3 aromatic carbocycles. The van der Waals surface area contributed by atoms with Gasteiger partial charge in [-0.1, -0.05) is 60.2 Å². The zero-order valence-corrected chi connectivity index (χ0v) is 13.3. The van der Waals surface area contributed by atoms with Crippen LogP contribution in [0.15, 0.2) is 60.7 Å². The van der Waals surface area contributed by atoms with Gasteiger partial charge in [0.25, 0.3) is 0 Å². The number of rotatable bonds is 5. The van der Waals surface area contributed by atoms with E-state index in [0.29, 0.717) is 0 Å². The first-order chi connectivity index (χ1) is 10.8. The molecule has 0 atom stereocenters. The summed E-state index contributed by atoms with van der Waals surface area (Å²) in [5, 5.41) is 2.61. The van der Waals surface area contributed by atoms with Gasteiger partial charge in [0.2, 0.25) is 0 Å². The van der Waals surface area contributed by atoms with Crippen molar-refractivity contribution in [3.8, 4) is 11.1 Å². The van der Waals surface area contributed by atoms with Gasteiger partial charge < -0.3 is 4.74 Å². The zero-order valence-electron chi connectivity index (χ0n) is 13.3. The fourth-order valence-corrected chi connectivity index (χ4v) is 2.80. The fourth-order valence-electron chi connectivity index (χ4n) is 2.80. The van der Waals surface area contributed by atoms with E-state index in [2.05, 4.69) is 67.6 Å². The molecule has 0 radical (unpaired) electrons. The molecule has 3 rings (SSSR count). The maximum atomic E-state index is 5.12. The van der Waals surface area contributed by atoms with Gasteiger partial charge in [0.15, 0.2) is 0 Å². The van der Waals surface area contributed by atoms with Crippen LogP contribution in [-0.4, -0.2) is 13.7 Å². The van der Waals surface area contributed by atoms with Gasteiger partial charge >= 0.3 is 0 Å². The summed E-state index contributed by atoms with van der Waals surface area (Å²) in [7, 11) is 1.76. The Bertz CT molecular complexity index is 756. The first-order valence-electron chi connectivity index (χ1n) is 7.85. The quantitative estimate of drug-likeness (QED) is 0.572. The minimum absolute atomic E-state index is 0.824. The van der Waals surface area contributed by atoms with Gasteiger partial charge in [-0.2, -0.15) is 0 Å². The van der Waals surface area contributed by atoms with Crippen molar-refractivity contribution < 1.29 is 4.74 Å². The Kier molecular flexibility index (Phi) is 4.55. The summed E-state index contributed by atoms with van der Waals surface area (Å²) in [6, 6.07) is 22.2. The highest BCUT2D eigenvalue weighted by Gasteiger charge is 2.01. The van der Waals surface area contributed by atoms with Crippen LogP contribution in [0, 0.1) is 6.92 Å². The molecule has 0 aromatic heterocycles. The number of fused-ring (bicyclic) bond motifs is 1. The number of hydrogen-bond donors (Lipinski definition) is 0. The van der Waals surface area contributed by atoms with Crippen LogP contribution >= 0.6 is 0 Å².